The molecule has 0 aliphatic rings. The van der Waals surface area contributed by atoms with Crippen LogP contribution in [-0.4, -0.2) is 0 Å². The molecule has 1 aromatic rings. The quantitative estimate of drug-likeness (QED) is 0.301. The van der Waals surface area contributed by atoms with Crippen molar-refractivity contribution in [1.29, 1.82) is 0 Å². The summed E-state index contributed by atoms with van der Waals surface area (Å²) in [5, 5.41) is 0. The van der Waals surface area contributed by atoms with Gasteiger partial charge in [-0.15, -0.1) is 0 Å². The summed E-state index contributed by atoms with van der Waals surface area (Å²) in [6, 6.07) is 0.945. The second kappa shape index (κ2) is 3.24. The molecule has 0 amide bonds. The number of nitrogen functional groups attached to an aromatic ring is 2. The molecule has 0 radical (unpaired) electrons. The molecule has 0 spiro atoms. The van der Waals surface area contributed by atoms with Gasteiger partial charge in [-0.3, -0.25) is 5.84 Å². The van der Waals surface area contributed by atoms with E-state index in [0.717, 1.165) is 6.07 Å². The lowest BCUT2D eigenvalue weighted by Gasteiger charge is -2.07. The lowest BCUT2D eigenvalue weighted by Crippen LogP contribution is -2.12. The number of nitrogens with two attached hydrogens (primary N) is 2. The largest absolute Gasteiger partial charge is 0.395 e. The van der Waals surface area contributed by atoms with Crippen molar-refractivity contribution >= 4 is 27.3 Å². The number of anilines is 2. The molecular formula is C6H6BrF2N3. The fraction of sp³-hybridized carbons (Fsp3) is 0. The molecule has 66 valence electrons. The minimum atomic E-state index is -0.732. The third-order valence-electron chi connectivity index (χ3n) is 1.35. The predicted octanol–water partition coefficient (Wildman–Crippen LogP) is 1.60. The summed E-state index contributed by atoms with van der Waals surface area (Å²) in [5.74, 6) is 3.48. The Labute approximate surface area is 75.8 Å². The smallest absolute Gasteiger partial charge is 0.162 e. The van der Waals surface area contributed by atoms with E-state index in [0.29, 0.717) is 0 Å². The number of rotatable bonds is 1. The number of benzene rings is 1. The maximum atomic E-state index is 12.9. The first-order valence-electron chi connectivity index (χ1n) is 2.97. The lowest BCUT2D eigenvalue weighted by atomic mass is 10.2. The van der Waals surface area contributed by atoms with Gasteiger partial charge in [-0.05, 0) is 22.0 Å². The van der Waals surface area contributed by atoms with E-state index in [1.54, 1.807) is 0 Å². The Hall–Kier alpha value is -0.880. The maximum absolute atomic E-state index is 12.9. The van der Waals surface area contributed by atoms with Gasteiger partial charge in [-0.25, -0.2) is 8.78 Å². The summed E-state index contributed by atoms with van der Waals surface area (Å²) < 4.78 is 25.8. The van der Waals surface area contributed by atoms with E-state index in [-0.39, 0.29) is 15.8 Å². The van der Waals surface area contributed by atoms with Gasteiger partial charge < -0.3 is 11.2 Å². The molecule has 0 aliphatic carbocycles. The molecule has 0 aromatic heterocycles. The zero-order valence-corrected chi connectivity index (χ0v) is 7.45. The normalized spacial score (nSPS) is 10.0. The van der Waals surface area contributed by atoms with Crippen LogP contribution in [0.3, 0.4) is 0 Å². The van der Waals surface area contributed by atoms with E-state index in [2.05, 4.69) is 15.9 Å². The molecule has 1 rings (SSSR count). The monoisotopic (exact) mass is 237 g/mol. The molecule has 0 saturated heterocycles. The minimum Gasteiger partial charge on any atom is -0.395 e. The van der Waals surface area contributed by atoms with Gasteiger partial charge in [-0.2, -0.15) is 0 Å². The van der Waals surface area contributed by atoms with Crippen LogP contribution in [0.1, 0.15) is 0 Å². The molecule has 0 heterocycles. The van der Waals surface area contributed by atoms with Gasteiger partial charge in [0.1, 0.15) is 5.69 Å². The van der Waals surface area contributed by atoms with Gasteiger partial charge in [0.2, 0.25) is 0 Å². The average molecular weight is 238 g/mol. The zero-order valence-electron chi connectivity index (χ0n) is 5.87. The third-order valence-corrected chi connectivity index (χ3v) is 1.93. The van der Waals surface area contributed by atoms with E-state index in [4.69, 9.17) is 11.6 Å². The van der Waals surface area contributed by atoms with Gasteiger partial charge in [0.15, 0.2) is 11.6 Å². The van der Waals surface area contributed by atoms with E-state index in [9.17, 15) is 8.78 Å². The molecule has 0 aliphatic heterocycles. The van der Waals surface area contributed by atoms with Gasteiger partial charge in [-0.1, -0.05) is 0 Å². The summed E-state index contributed by atoms with van der Waals surface area (Å²) in [5.41, 5.74) is 6.59. The molecule has 0 atom stereocenters. The summed E-state index contributed by atoms with van der Waals surface area (Å²) in [4.78, 5) is 0. The van der Waals surface area contributed by atoms with Crippen molar-refractivity contribution in [3.05, 3.63) is 22.2 Å². The number of nitrogens with one attached hydrogen (secondary N) is 1. The van der Waals surface area contributed by atoms with Crippen LogP contribution in [0, 0.1) is 11.6 Å². The maximum Gasteiger partial charge on any atom is 0.162 e. The summed E-state index contributed by atoms with van der Waals surface area (Å²) in [6.45, 7) is 0. The van der Waals surface area contributed by atoms with Crippen LogP contribution in [0.25, 0.3) is 0 Å². The van der Waals surface area contributed by atoms with Crippen molar-refractivity contribution in [3.8, 4) is 0 Å². The summed E-state index contributed by atoms with van der Waals surface area (Å²) in [7, 11) is 0. The highest BCUT2D eigenvalue weighted by Crippen LogP contribution is 2.30. The van der Waals surface area contributed by atoms with Crippen molar-refractivity contribution in [2.75, 3.05) is 11.2 Å². The molecule has 3 nitrogen and oxygen atoms in total. The first-order chi connectivity index (χ1) is 5.57. The van der Waals surface area contributed by atoms with Crippen LogP contribution in [0.2, 0.25) is 0 Å². The Balaban J connectivity index is 3.40. The number of halogens is 3. The topological polar surface area (TPSA) is 64.1 Å². The number of hydrogen-bond donors (Lipinski definition) is 3. The van der Waals surface area contributed by atoms with Crippen LogP contribution in [0.15, 0.2) is 10.5 Å². The first-order valence-corrected chi connectivity index (χ1v) is 3.76. The first kappa shape index (κ1) is 9.21. The molecule has 12 heavy (non-hydrogen) atoms. The Kier molecular flexibility index (Phi) is 2.49. The fourth-order valence-corrected chi connectivity index (χ4v) is 1.18. The zero-order chi connectivity index (χ0) is 9.30. The molecular weight excluding hydrogens is 232 g/mol. The van der Waals surface area contributed by atoms with Crippen LogP contribution < -0.4 is 17.0 Å². The Morgan fingerprint density at radius 1 is 1.42 bits per heavy atom. The number of hydrogen-bond acceptors (Lipinski definition) is 3. The molecule has 5 N–H and O–H groups in total. The average Bonchev–Trinajstić information content (AvgIpc) is 2.01. The van der Waals surface area contributed by atoms with Crippen molar-refractivity contribution in [1.82, 2.24) is 0 Å². The Morgan fingerprint density at radius 3 is 2.50 bits per heavy atom. The summed E-state index contributed by atoms with van der Waals surface area (Å²) >= 11 is 2.80. The van der Waals surface area contributed by atoms with Crippen molar-refractivity contribution < 1.29 is 8.78 Å². The highest BCUT2D eigenvalue weighted by molar-refractivity contribution is 9.10. The lowest BCUT2D eigenvalue weighted by molar-refractivity contribution is 0.601. The van der Waals surface area contributed by atoms with Crippen molar-refractivity contribution in [3.63, 3.8) is 0 Å². The van der Waals surface area contributed by atoms with Gasteiger partial charge in [0, 0.05) is 0 Å². The molecule has 0 unspecified atom stereocenters. The Bertz CT molecular complexity index is 316. The fourth-order valence-electron chi connectivity index (χ4n) is 0.761. The SMILES string of the molecule is NNc1c(F)cc(Br)c(F)c1N. The molecule has 0 fully saturated rings. The standard InChI is InChI=1S/C6H6BrF2N3/c7-2-1-3(8)6(12-11)5(10)4(2)9/h1,12H,10-11H2. The van der Waals surface area contributed by atoms with Crippen LogP contribution in [0.5, 0.6) is 0 Å². The summed E-state index contributed by atoms with van der Waals surface area (Å²) in [6.07, 6.45) is 0. The van der Waals surface area contributed by atoms with E-state index in [1.165, 1.54) is 0 Å². The van der Waals surface area contributed by atoms with Gasteiger partial charge >= 0.3 is 0 Å². The Morgan fingerprint density at radius 2 is 2.00 bits per heavy atom. The molecule has 1 aromatic carbocycles. The minimum absolute atomic E-state index is 0.0310. The van der Waals surface area contributed by atoms with E-state index >= 15 is 0 Å². The predicted molar refractivity (Wildman–Crippen MR) is 46.3 cm³/mol. The van der Waals surface area contributed by atoms with E-state index in [1.807, 2.05) is 5.43 Å². The number of hydrazine groups is 1. The van der Waals surface area contributed by atoms with Crippen LogP contribution >= 0.6 is 15.9 Å². The molecule has 0 saturated carbocycles. The highest BCUT2D eigenvalue weighted by Gasteiger charge is 2.13. The van der Waals surface area contributed by atoms with Gasteiger partial charge in [0.25, 0.3) is 0 Å². The van der Waals surface area contributed by atoms with Gasteiger partial charge in [0.05, 0.1) is 10.2 Å². The molecule has 0 bridgehead atoms. The van der Waals surface area contributed by atoms with Crippen molar-refractivity contribution in [2.24, 2.45) is 5.84 Å². The van der Waals surface area contributed by atoms with Crippen LogP contribution in [-0.2, 0) is 0 Å². The highest BCUT2D eigenvalue weighted by atomic mass is 79.9. The van der Waals surface area contributed by atoms with Crippen molar-refractivity contribution in [2.45, 2.75) is 0 Å². The van der Waals surface area contributed by atoms with Crippen LogP contribution in [0.4, 0.5) is 20.2 Å². The molecule has 6 heteroatoms. The third kappa shape index (κ3) is 1.35. The second-order valence-corrected chi connectivity index (χ2v) is 2.94. The second-order valence-electron chi connectivity index (χ2n) is 2.09. The van der Waals surface area contributed by atoms with E-state index < -0.39 is 11.6 Å².